The van der Waals surface area contributed by atoms with Crippen LogP contribution >= 0.6 is 11.3 Å². The molecule has 0 radical (unpaired) electrons. The van der Waals surface area contributed by atoms with Crippen molar-refractivity contribution in [1.29, 1.82) is 0 Å². The monoisotopic (exact) mass is 403 g/mol. The molecule has 0 aliphatic carbocycles. The van der Waals surface area contributed by atoms with Crippen LogP contribution in [0.5, 0.6) is 0 Å². The molecule has 1 amide bonds. The lowest BCUT2D eigenvalue weighted by Crippen LogP contribution is -2.12. The van der Waals surface area contributed by atoms with Crippen LogP contribution in [-0.4, -0.2) is 19.3 Å². The van der Waals surface area contributed by atoms with Crippen LogP contribution in [0.3, 0.4) is 0 Å². The summed E-state index contributed by atoms with van der Waals surface area (Å²) in [6.45, 7) is 3.93. The molecule has 0 bridgehead atoms. The van der Waals surface area contributed by atoms with Gasteiger partial charge in [0.2, 0.25) is 5.91 Å². The Morgan fingerprint density at radius 3 is 2.63 bits per heavy atom. The molecule has 0 atom stereocenters. The van der Waals surface area contributed by atoms with Crippen LogP contribution in [0.4, 0.5) is 10.8 Å². The van der Waals surface area contributed by atoms with Crippen molar-refractivity contribution in [3.05, 3.63) is 48.0 Å². The van der Waals surface area contributed by atoms with Crippen molar-refractivity contribution >= 4 is 48.3 Å². The Kier molecular flexibility index (Phi) is 5.76. The first kappa shape index (κ1) is 19.3. The zero-order valence-corrected chi connectivity index (χ0v) is 16.8. The smallest absolute Gasteiger partial charge is 0.263 e. The van der Waals surface area contributed by atoms with Crippen LogP contribution in [0.2, 0.25) is 0 Å². The van der Waals surface area contributed by atoms with E-state index in [1.807, 2.05) is 26.0 Å². The number of sulfonamides is 1. The number of aryl methyl sites for hydroxylation is 1. The Morgan fingerprint density at radius 1 is 1.19 bits per heavy atom. The molecular weight excluding hydrogens is 382 g/mol. The minimum Gasteiger partial charge on any atom is -0.326 e. The quantitative estimate of drug-likeness (QED) is 0.606. The minimum absolute atomic E-state index is 0.0230. The highest BCUT2D eigenvalue weighted by Gasteiger charge is 2.17. The molecule has 0 saturated carbocycles. The van der Waals surface area contributed by atoms with Crippen LogP contribution < -0.4 is 10.0 Å². The maximum atomic E-state index is 12.5. The molecule has 2 N–H and O–H groups in total. The standard InChI is InChI=1S/C19H21N3O3S2/c1-3-4-10-17(23)20-14-11-13(2)18-16(12-14)26-19(21-18)22-27(24,25)15-8-6-5-7-9-15/h5-9,11-12H,3-4,10H2,1-2H3,(H,20,23)(H,21,22). The number of hydrogen-bond acceptors (Lipinski definition) is 5. The van der Waals surface area contributed by atoms with Crippen molar-refractivity contribution < 1.29 is 13.2 Å². The number of thiazole rings is 1. The summed E-state index contributed by atoms with van der Waals surface area (Å²) in [6, 6.07) is 11.8. The van der Waals surface area contributed by atoms with Gasteiger partial charge in [-0.3, -0.25) is 9.52 Å². The van der Waals surface area contributed by atoms with Crippen LogP contribution in [0.1, 0.15) is 31.7 Å². The summed E-state index contributed by atoms with van der Waals surface area (Å²) in [7, 11) is -3.69. The van der Waals surface area contributed by atoms with Gasteiger partial charge in [0, 0.05) is 12.1 Å². The van der Waals surface area contributed by atoms with Gasteiger partial charge in [0.25, 0.3) is 10.0 Å². The van der Waals surface area contributed by atoms with Crippen molar-refractivity contribution in [2.45, 2.75) is 38.0 Å². The first-order valence-electron chi connectivity index (χ1n) is 8.68. The fourth-order valence-electron chi connectivity index (χ4n) is 2.65. The Bertz CT molecular complexity index is 1060. The van der Waals surface area contributed by atoms with Crippen molar-refractivity contribution in [3.8, 4) is 0 Å². The number of nitrogens with one attached hydrogen (secondary N) is 2. The summed E-state index contributed by atoms with van der Waals surface area (Å²) in [5.74, 6) is -0.0230. The summed E-state index contributed by atoms with van der Waals surface area (Å²) >= 11 is 1.24. The largest absolute Gasteiger partial charge is 0.326 e. The molecule has 0 unspecified atom stereocenters. The number of hydrogen-bond donors (Lipinski definition) is 2. The fourth-order valence-corrected chi connectivity index (χ4v) is 4.89. The van der Waals surface area contributed by atoms with E-state index in [0.29, 0.717) is 17.2 Å². The molecule has 0 fully saturated rings. The topological polar surface area (TPSA) is 88.2 Å². The van der Waals surface area contributed by atoms with E-state index >= 15 is 0 Å². The van der Waals surface area contributed by atoms with Gasteiger partial charge in [-0.15, -0.1) is 0 Å². The normalized spacial score (nSPS) is 11.5. The molecule has 2 aromatic carbocycles. The number of fused-ring (bicyclic) bond motifs is 1. The lowest BCUT2D eigenvalue weighted by atomic mass is 10.2. The van der Waals surface area contributed by atoms with E-state index in [0.717, 1.165) is 28.6 Å². The second kappa shape index (κ2) is 8.06. The van der Waals surface area contributed by atoms with Crippen LogP contribution in [0, 0.1) is 6.92 Å². The SMILES string of the molecule is CCCCC(=O)Nc1cc(C)c2nc(NS(=O)(=O)c3ccccc3)sc2c1. The van der Waals surface area contributed by atoms with Gasteiger partial charge in [-0.25, -0.2) is 13.4 Å². The fraction of sp³-hybridized carbons (Fsp3) is 0.263. The van der Waals surface area contributed by atoms with Crippen molar-refractivity contribution in [1.82, 2.24) is 4.98 Å². The van der Waals surface area contributed by atoms with E-state index in [1.165, 1.54) is 23.5 Å². The molecule has 142 valence electrons. The highest BCUT2D eigenvalue weighted by molar-refractivity contribution is 7.93. The average Bonchev–Trinajstić information content (AvgIpc) is 3.03. The Balaban J connectivity index is 1.85. The van der Waals surface area contributed by atoms with Gasteiger partial charge in [-0.05, 0) is 43.2 Å². The zero-order valence-electron chi connectivity index (χ0n) is 15.2. The number of unbranched alkanes of at least 4 members (excludes halogenated alkanes) is 1. The van der Waals surface area contributed by atoms with Crippen molar-refractivity contribution in [3.63, 3.8) is 0 Å². The lowest BCUT2D eigenvalue weighted by molar-refractivity contribution is -0.116. The summed E-state index contributed by atoms with van der Waals surface area (Å²) in [4.78, 5) is 16.5. The molecule has 3 rings (SSSR count). The van der Waals surface area contributed by atoms with E-state index in [4.69, 9.17) is 0 Å². The van der Waals surface area contributed by atoms with E-state index < -0.39 is 10.0 Å². The van der Waals surface area contributed by atoms with Crippen molar-refractivity contribution in [2.75, 3.05) is 10.0 Å². The van der Waals surface area contributed by atoms with Gasteiger partial charge in [0.1, 0.15) is 0 Å². The van der Waals surface area contributed by atoms with Gasteiger partial charge in [-0.1, -0.05) is 42.9 Å². The molecule has 0 aliphatic heterocycles. The molecule has 8 heteroatoms. The number of anilines is 2. The van der Waals surface area contributed by atoms with Gasteiger partial charge in [0.05, 0.1) is 15.1 Å². The number of rotatable bonds is 7. The number of carbonyl (C=O) groups is 1. The van der Waals surface area contributed by atoms with Crippen LogP contribution in [0.15, 0.2) is 47.4 Å². The number of amides is 1. The molecule has 6 nitrogen and oxygen atoms in total. The maximum Gasteiger partial charge on any atom is 0.263 e. The molecule has 0 saturated heterocycles. The maximum absolute atomic E-state index is 12.5. The first-order chi connectivity index (χ1) is 12.9. The van der Waals surface area contributed by atoms with E-state index in [2.05, 4.69) is 15.0 Å². The lowest BCUT2D eigenvalue weighted by Gasteiger charge is -2.06. The highest BCUT2D eigenvalue weighted by atomic mass is 32.2. The second-order valence-electron chi connectivity index (χ2n) is 6.23. The Morgan fingerprint density at radius 2 is 1.93 bits per heavy atom. The first-order valence-corrected chi connectivity index (χ1v) is 11.0. The summed E-state index contributed by atoms with van der Waals surface area (Å²) in [5.41, 5.74) is 2.29. The summed E-state index contributed by atoms with van der Waals surface area (Å²) in [6.07, 6.45) is 2.29. The molecule has 0 aliphatic rings. The predicted molar refractivity (Wildman–Crippen MR) is 110 cm³/mol. The van der Waals surface area contributed by atoms with Gasteiger partial charge in [-0.2, -0.15) is 0 Å². The molecular formula is C19H21N3O3S2. The molecule has 3 aromatic rings. The van der Waals surface area contributed by atoms with E-state index in [-0.39, 0.29) is 10.8 Å². The Labute approximate surface area is 162 Å². The summed E-state index contributed by atoms with van der Waals surface area (Å²) in [5, 5.41) is 3.19. The average molecular weight is 404 g/mol. The van der Waals surface area contributed by atoms with Gasteiger partial charge in [0.15, 0.2) is 5.13 Å². The number of aromatic nitrogens is 1. The minimum atomic E-state index is -3.69. The number of benzene rings is 2. The van der Waals surface area contributed by atoms with Gasteiger partial charge >= 0.3 is 0 Å². The van der Waals surface area contributed by atoms with Crippen molar-refractivity contribution in [2.24, 2.45) is 0 Å². The summed E-state index contributed by atoms with van der Waals surface area (Å²) < 4.78 is 28.3. The molecule has 0 spiro atoms. The molecule has 1 aromatic heterocycles. The Hall–Kier alpha value is -2.45. The third-order valence-corrected chi connectivity index (χ3v) is 6.40. The number of carbonyl (C=O) groups excluding carboxylic acids is 1. The van der Waals surface area contributed by atoms with Crippen LogP contribution in [-0.2, 0) is 14.8 Å². The third-order valence-electron chi connectivity index (χ3n) is 4.00. The molecule has 27 heavy (non-hydrogen) atoms. The second-order valence-corrected chi connectivity index (χ2v) is 8.94. The van der Waals surface area contributed by atoms with Crippen LogP contribution in [0.25, 0.3) is 10.2 Å². The van der Waals surface area contributed by atoms with Gasteiger partial charge < -0.3 is 5.32 Å². The predicted octanol–water partition coefficient (Wildman–Crippen LogP) is 4.53. The van der Waals surface area contributed by atoms with E-state index in [9.17, 15) is 13.2 Å². The number of nitrogens with zero attached hydrogens (tertiary/aromatic N) is 1. The highest BCUT2D eigenvalue weighted by Crippen LogP contribution is 2.32. The van der Waals surface area contributed by atoms with E-state index in [1.54, 1.807) is 18.2 Å². The zero-order chi connectivity index (χ0) is 19.4. The third kappa shape index (κ3) is 4.64. The molecule has 1 heterocycles.